The number of hydrogen-bond acceptors (Lipinski definition) is 1. The zero-order chi connectivity index (χ0) is 25.7. The van der Waals surface area contributed by atoms with Crippen LogP contribution in [0.1, 0.15) is 95.5 Å². The van der Waals surface area contributed by atoms with E-state index < -0.39 is 23.7 Å². The lowest BCUT2D eigenvalue weighted by Crippen LogP contribution is -2.17. The molecule has 0 aliphatic heterocycles. The molecule has 2 aliphatic carbocycles. The van der Waals surface area contributed by atoms with E-state index in [0.717, 1.165) is 49.7 Å². The number of unbranched alkanes of at least 4 members (excludes halogenated alkanes) is 1. The van der Waals surface area contributed by atoms with Gasteiger partial charge in [0.05, 0.1) is 5.56 Å². The number of benzene rings is 2. The van der Waals surface area contributed by atoms with Gasteiger partial charge in [-0.25, -0.2) is 8.78 Å². The summed E-state index contributed by atoms with van der Waals surface area (Å²) in [6.45, 7) is 2.36. The molecule has 0 N–H and O–H groups in total. The second-order valence-electron chi connectivity index (χ2n) is 11.1. The summed E-state index contributed by atoms with van der Waals surface area (Å²) >= 11 is 0. The average molecular weight is 509 g/mol. The summed E-state index contributed by atoms with van der Waals surface area (Å²) in [6.07, 6.45) is 10.1. The maximum Gasteiger partial charge on any atom is 0.573 e. The highest BCUT2D eigenvalue weighted by atomic mass is 19.4. The van der Waals surface area contributed by atoms with Crippen molar-refractivity contribution in [3.63, 3.8) is 0 Å². The van der Waals surface area contributed by atoms with Crippen LogP contribution >= 0.6 is 0 Å². The van der Waals surface area contributed by atoms with Gasteiger partial charge >= 0.3 is 6.36 Å². The third kappa shape index (κ3) is 7.45. The first-order valence-corrected chi connectivity index (χ1v) is 13.5. The molecule has 0 amide bonds. The van der Waals surface area contributed by atoms with Gasteiger partial charge in [0.2, 0.25) is 0 Å². The van der Waals surface area contributed by atoms with Gasteiger partial charge in [-0.2, -0.15) is 0 Å². The molecule has 2 aromatic rings. The zero-order valence-corrected chi connectivity index (χ0v) is 21.1. The SMILES string of the molecule is CC1CCC(CCCCC2CCC(c3cc(F)c(-c4ccc(OC(F)(F)F)cc4)c(F)c3)CC2)CC1. The molecule has 2 aliphatic rings. The molecular weight excluding hydrogens is 471 g/mol. The Morgan fingerprint density at radius 3 is 1.75 bits per heavy atom. The molecule has 0 heterocycles. The molecule has 6 heteroatoms. The van der Waals surface area contributed by atoms with Crippen molar-refractivity contribution in [2.24, 2.45) is 17.8 Å². The van der Waals surface area contributed by atoms with E-state index in [9.17, 15) is 22.0 Å². The Bertz CT molecular complexity index is 945. The van der Waals surface area contributed by atoms with Crippen LogP contribution in [0.2, 0.25) is 0 Å². The maximum absolute atomic E-state index is 14.9. The first-order chi connectivity index (χ1) is 17.2. The van der Waals surface area contributed by atoms with E-state index in [1.54, 1.807) is 0 Å². The van der Waals surface area contributed by atoms with Gasteiger partial charge in [0.1, 0.15) is 17.4 Å². The molecular formula is C30H37F5O. The molecule has 2 aromatic carbocycles. The summed E-state index contributed by atoms with van der Waals surface area (Å²) in [7, 11) is 0. The Labute approximate surface area is 211 Å². The normalized spacial score (nSPS) is 25.1. The van der Waals surface area contributed by atoms with Crippen LogP contribution in [0.5, 0.6) is 5.75 Å². The maximum atomic E-state index is 14.9. The summed E-state index contributed by atoms with van der Waals surface area (Å²) < 4.78 is 70.8. The van der Waals surface area contributed by atoms with Crippen LogP contribution < -0.4 is 4.74 Å². The van der Waals surface area contributed by atoms with Crippen molar-refractivity contribution in [3.8, 4) is 16.9 Å². The van der Waals surface area contributed by atoms with Crippen LogP contribution in [0.15, 0.2) is 36.4 Å². The van der Waals surface area contributed by atoms with E-state index in [4.69, 9.17) is 0 Å². The van der Waals surface area contributed by atoms with Crippen molar-refractivity contribution in [1.29, 1.82) is 0 Å². The number of rotatable bonds is 8. The fourth-order valence-corrected chi connectivity index (χ4v) is 6.20. The van der Waals surface area contributed by atoms with Crippen molar-refractivity contribution in [2.45, 2.75) is 96.3 Å². The minimum Gasteiger partial charge on any atom is -0.406 e. The van der Waals surface area contributed by atoms with Crippen LogP contribution in [0, 0.1) is 29.4 Å². The van der Waals surface area contributed by atoms with Crippen LogP contribution in [0.25, 0.3) is 11.1 Å². The van der Waals surface area contributed by atoms with Gasteiger partial charge in [-0.05, 0) is 84.7 Å². The Balaban J connectivity index is 1.26. The third-order valence-corrected chi connectivity index (χ3v) is 8.37. The average Bonchev–Trinajstić information content (AvgIpc) is 2.83. The number of halogens is 5. The van der Waals surface area contributed by atoms with Gasteiger partial charge in [0.25, 0.3) is 0 Å². The summed E-state index contributed by atoms with van der Waals surface area (Å²) in [5, 5.41) is 0. The summed E-state index contributed by atoms with van der Waals surface area (Å²) in [6, 6.07) is 7.40. The van der Waals surface area contributed by atoms with E-state index in [2.05, 4.69) is 11.7 Å². The summed E-state index contributed by atoms with van der Waals surface area (Å²) in [4.78, 5) is 0. The first kappa shape index (κ1) is 26.9. The monoisotopic (exact) mass is 508 g/mol. The lowest BCUT2D eigenvalue weighted by atomic mass is 9.76. The van der Waals surface area contributed by atoms with Crippen molar-refractivity contribution in [1.82, 2.24) is 0 Å². The fraction of sp³-hybridized carbons (Fsp3) is 0.600. The lowest BCUT2D eigenvalue weighted by molar-refractivity contribution is -0.274. The second-order valence-corrected chi connectivity index (χ2v) is 11.1. The van der Waals surface area contributed by atoms with Gasteiger partial charge in [-0.3, -0.25) is 0 Å². The topological polar surface area (TPSA) is 9.23 Å². The number of alkyl halides is 3. The molecule has 4 rings (SSSR count). The second kappa shape index (κ2) is 12.0. The quantitative estimate of drug-likeness (QED) is 0.255. The Morgan fingerprint density at radius 1 is 0.750 bits per heavy atom. The minimum atomic E-state index is -4.81. The standard InChI is InChI=1S/C30H37F5O/c1-20-6-8-21(9-7-20)4-2-3-5-22-10-12-23(13-11-22)25-18-27(31)29(28(32)19-25)24-14-16-26(17-15-24)36-30(33,34)35/h14-23H,2-13H2,1H3. The molecule has 0 atom stereocenters. The van der Waals surface area contributed by atoms with Gasteiger partial charge in [-0.1, -0.05) is 70.4 Å². The van der Waals surface area contributed by atoms with Crippen molar-refractivity contribution in [2.75, 3.05) is 0 Å². The van der Waals surface area contributed by atoms with Crippen molar-refractivity contribution < 1.29 is 26.7 Å². The first-order valence-electron chi connectivity index (χ1n) is 13.5. The van der Waals surface area contributed by atoms with Crippen LogP contribution in [-0.2, 0) is 0 Å². The molecule has 0 radical (unpaired) electrons. The van der Waals surface area contributed by atoms with E-state index in [0.29, 0.717) is 11.5 Å². The van der Waals surface area contributed by atoms with Crippen molar-refractivity contribution >= 4 is 0 Å². The number of hydrogen-bond donors (Lipinski definition) is 0. The van der Waals surface area contributed by atoms with Gasteiger partial charge in [0.15, 0.2) is 0 Å². The lowest BCUT2D eigenvalue weighted by Gasteiger charge is -2.29. The molecule has 0 spiro atoms. The molecule has 36 heavy (non-hydrogen) atoms. The zero-order valence-electron chi connectivity index (χ0n) is 21.1. The summed E-state index contributed by atoms with van der Waals surface area (Å²) in [5.41, 5.74) is 0.631. The van der Waals surface area contributed by atoms with Gasteiger partial charge in [0, 0.05) is 0 Å². The molecule has 0 saturated heterocycles. The molecule has 198 valence electrons. The van der Waals surface area contributed by atoms with E-state index in [-0.39, 0.29) is 17.0 Å². The largest absolute Gasteiger partial charge is 0.573 e. The predicted molar refractivity (Wildman–Crippen MR) is 133 cm³/mol. The van der Waals surface area contributed by atoms with Crippen molar-refractivity contribution in [3.05, 3.63) is 53.6 Å². The van der Waals surface area contributed by atoms with Crippen LogP contribution in [0.4, 0.5) is 22.0 Å². The van der Waals surface area contributed by atoms with Crippen LogP contribution in [-0.4, -0.2) is 6.36 Å². The smallest absolute Gasteiger partial charge is 0.406 e. The fourth-order valence-electron chi connectivity index (χ4n) is 6.20. The van der Waals surface area contributed by atoms with E-state index in [1.807, 2.05) is 0 Å². The highest BCUT2D eigenvalue weighted by Crippen LogP contribution is 2.40. The molecule has 0 aromatic heterocycles. The third-order valence-electron chi connectivity index (χ3n) is 8.37. The molecule has 0 bridgehead atoms. The Hall–Kier alpha value is -2.11. The number of ether oxygens (including phenoxy) is 1. The Morgan fingerprint density at radius 2 is 1.25 bits per heavy atom. The molecule has 2 fully saturated rings. The predicted octanol–water partition coefficient (Wildman–Crippen LogP) is 10.2. The molecule has 1 nitrogen and oxygen atoms in total. The van der Waals surface area contributed by atoms with E-state index >= 15 is 0 Å². The van der Waals surface area contributed by atoms with Gasteiger partial charge < -0.3 is 4.74 Å². The highest BCUT2D eigenvalue weighted by Gasteiger charge is 2.31. The van der Waals surface area contributed by atoms with Crippen LogP contribution in [0.3, 0.4) is 0 Å². The minimum absolute atomic E-state index is 0.145. The van der Waals surface area contributed by atoms with Gasteiger partial charge in [-0.15, -0.1) is 13.2 Å². The van der Waals surface area contributed by atoms with E-state index in [1.165, 1.54) is 75.6 Å². The highest BCUT2D eigenvalue weighted by molar-refractivity contribution is 5.66. The summed E-state index contributed by atoms with van der Waals surface area (Å²) in [5.74, 6) is 0.885. The molecule has 2 saturated carbocycles. The molecule has 0 unspecified atom stereocenters. The Kier molecular flexibility index (Phi) is 8.95.